The number of nitrogens with two attached hydrogens (primary N) is 1. The summed E-state index contributed by atoms with van der Waals surface area (Å²) in [5, 5.41) is 0. The second-order valence-electron chi connectivity index (χ2n) is 2.61. The third-order valence-corrected chi connectivity index (χ3v) is 1.65. The van der Waals surface area contributed by atoms with E-state index in [0.717, 1.165) is 12.8 Å². The zero-order valence-corrected chi connectivity index (χ0v) is 7.01. The lowest BCUT2D eigenvalue weighted by Gasteiger charge is -2.09. The molecule has 0 rings (SSSR count). The van der Waals surface area contributed by atoms with E-state index >= 15 is 0 Å². The summed E-state index contributed by atoms with van der Waals surface area (Å²) in [6.07, 6.45) is 2.42. The highest BCUT2D eigenvalue weighted by atomic mass is 16.7. The van der Waals surface area contributed by atoms with Crippen molar-refractivity contribution in [3.8, 4) is 0 Å². The number of carbonyl (C=O) groups is 1. The van der Waals surface area contributed by atoms with Gasteiger partial charge in [-0.15, -0.1) is 0 Å². The molecule has 0 bridgehead atoms. The van der Waals surface area contributed by atoms with Crippen LogP contribution in [0, 0.1) is 5.92 Å². The largest absolute Gasteiger partial charge is 0.366 e. The zero-order chi connectivity index (χ0) is 8.69. The molecule has 0 fully saturated rings. The number of rotatable bonds is 5. The molecule has 5 N–H and O–H groups in total. The zero-order valence-electron chi connectivity index (χ0n) is 7.01. The Morgan fingerprint density at radius 3 is 2.73 bits per heavy atom. The highest BCUT2D eigenvalue weighted by Gasteiger charge is 2.12. The summed E-state index contributed by atoms with van der Waals surface area (Å²) in [6, 6.07) is 0. The van der Waals surface area contributed by atoms with E-state index < -0.39 is 0 Å². The lowest BCUT2D eigenvalue weighted by Crippen LogP contribution is -2.51. The Bertz CT molecular complexity index is 117. The second kappa shape index (κ2) is 6.12. The first-order chi connectivity index (χ1) is 5.24. The molecule has 0 aromatic rings. The summed E-state index contributed by atoms with van der Waals surface area (Å²) >= 11 is 0. The molecule has 0 saturated carbocycles. The van der Waals surface area contributed by atoms with Gasteiger partial charge in [-0.25, -0.2) is 4.79 Å². The fraction of sp³-hybridized carbons (Fsp3) is 0.857. The van der Waals surface area contributed by atoms with Gasteiger partial charge in [0.2, 0.25) is 0 Å². The van der Waals surface area contributed by atoms with E-state index in [1.807, 2.05) is 0 Å². The molecule has 0 aliphatic carbocycles. The average Bonchev–Trinajstić information content (AvgIpc) is 2.03. The Hall–Kier alpha value is -0.610. The van der Waals surface area contributed by atoms with E-state index in [1.54, 1.807) is 0 Å². The third-order valence-electron chi connectivity index (χ3n) is 1.65. The number of carbonyl (C=O) groups excluding carboxylic acids is 1. The molecule has 0 aromatic carbocycles. The van der Waals surface area contributed by atoms with Crippen molar-refractivity contribution < 1.29 is 15.5 Å². The molecule has 0 amide bonds. The van der Waals surface area contributed by atoms with Crippen LogP contribution in [0.15, 0.2) is 0 Å². The van der Waals surface area contributed by atoms with E-state index in [4.69, 9.17) is 5.73 Å². The molecule has 4 nitrogen and oxygen atoms in total. The van der Waals surface area contributed by atoms with Crippen LogP contribution in [0.1, 0.15) is 26.2 Å². The highest BCUT2D eigenvalue weighted by molar-refractivity contribution is 5.68. The molecule has 4 heteroatoms. The Labute approximate surface area is 66.8 Å². The van der Waals surface area contributed by atoms with E-state index in [0.29, 0.717) is 13.0 Å². The molecule has 0 aliphatic heterocycles. The number of hydrogen-bond acceptors (Lipinski definition) is 3. The van der Waals surface area contributed by atoms with E-state index in [2.05, 4.69) is 17.7 Å². The molecule has 0 radical (unpaired) electrons. The molecule has 0 aliphatic rings. The quantitative estimate of drug-likeness (QED) is 0.531. The van der Waals surface area contributed by atoms with Gasteiger partial charge in [-0.05, 0) is 18.9 Å². The summed E-state index contributed by atoms with van der Waals surface area (Å²) in [5.41, 5.74) is 5.43. The monoisotopic (exact) mass is 161 g/mol. The smallest absolute Gasteiger partial charge is 0.330 e. The first-order valence-corrected chi connectivity index (χ1v) is 3.89. The van der Waals surface area contributed by atoms with Gasteiger partial charge in [0.25, 0.3) is 0 Å². The molecule has 0 spiro atoms. The fourth-order valence-electron chi connectivity index (χ4n) is 1.01. The van der Waals surface area contributed by atoms with Crippen LogP contribution in [0.25, 0.3) is 0 Å². The van der Waals surface area contributed by atoms with Crippen molar-refractivity contribution in [2.24, 2.45) is 11.7 Å². The minimum Gasteiger partial charge on any atom is -0.330 e. The van der Waals surface area contributed by atoms with Crippen LogP contribution in [0.4, 0.5) is 0 Å². The average molecular weight is 161 g/mol. The van der Waals surface area contributed by atoms with Gasteiger partial charge in [0.15, 0.2) is 0 Å². The molecule has 66 valence electrons. The molecule has 0 unspecified atom stereocenters. The number of hydrogen-bond donors (Lipinski definition) is 2. The Kier molecular flexibility index (Phi) is 5.78. The SMILES string of the molecule is CCC[C@@H](CN)CC(=O)O[NH3+]. The van der Waals surface area contributed by atoms with Gasteiger partial charge in [0.1, 0.15) is 0 Å². The van der Waals surface area contributed by atoms with Crippen LogP contribution in [0.5, 0.6) is 0 Å². The minimum absolute atomic E-state index is 0.259. The summed E-state index contributed by atoms with van der Waals surface area (Å²) < 4.78 is 0. The topological polar surface area (TPSA) is 80.0 Å². The van der Waals surface area contributed by atoms with Crippen LogP contribution in [-0.4, -0.2) is 12.5 Å². The van der Waals surface area contributed by atoms with Crippen molar-refractivity contribution in [2.75, 3.05) is 6.54 Å². The molecule has 0 saturated heterocycles. The summed E-state index contributed by atoms with van der Waals surface area (Å²) in [5.74, 6) is 3.03. The predicted molar refractivity (Wildman–Crippen MR) is 41.0 cm³/mol. The lowest BCUT2D eigenvalue weighted by atomic mass is 10.0. The van der Waals surface area contributed by atoms with Gasteiger partial charge < -0.3 is 5.73 Å². The highest BCUT2D eigenvalue weighted by Crippen LogP contribution is 2.09. The van der Waals surface area contributed by atoms with Gasteiger partial charge in [-0.1, -0.05) is 13.3 Å². The van der Waals surface area contributed by atoms with Crippen LogP contribution in [0.3, 0.4) is 0 Å². The molecule has 0 heterocycles. The maximum absolute atomic E-state index is 10.7. The van der Waals surface area contributed by atoms with Crippen LogP contribution >= 0.6 is 0 Å². The first kappa shape index (κ1) is 10.4. The minimum atomic E-state index is -0.270. The standard InChI is InChI=1S/C7H17N2O2/c1-2-3-6(5-8)4-7(10)11-9/h6H,2-5,8H2,1,9H3/q+1/t6-/m1/s1. The summed E-state index contributed by atoms with van der Waals surface area (Å²) in [6.45, 7) is 2.61. The van der Waals surface area contributed by atoms with Crippen molar-refractivity contribution >= 4 is 5.97 Å². The maximum Gasteiger partial charge on any atom is 0.366 e. The van der Waals surface area contributed by atoms with Gasteiger partial charge in [-0.3, -0.25) is 4.84 Å². The molecular weight excluding hydrogens is 144 g/mol. The normalized spacial score (nSPS) is 12.6. The first-order valence-electron chi connectivity index (χ1n) is 3.89. The van der Waals surface area contributed by atoms with Crippen molar-refractivity contribution in [1.82, 2.24) is 0 Å². The van der Waals surface area contributed by atoms with Gasteiger partial charge >= 0.3 is 5.97 Å². The third kappa shape index (κ3) is 4.75. The van der Waals surface area contributed by atoms with Crippen molar-refractivity contribution in [3.05, 3.63) is 0 Å². The van der Waals surface area contributed by atoms with Crippen LogP contribution in [-0.2, 0) is 9.63 Å². The maximum atomic E-state index is 10.7. The van der Waals surface area contributed by atoms with Gasteiger partial charge in [-0.2, -0.15) is 5.90 Å². The lowest BCUT2D eigenvalue weighted by molar-refractivity contribution is -0.657. The summed E-state index contributed by atoms with van der Waals surface area (Å²) in [4.78, 5) is 15.0. The molecule has 0 aromatic heterocycles. The van der Waals surface area contributed by atoms with E-state index in [1.165, 1.54) is 0 Å². The molecular formula is C7H17N2O2+. The van der Waals surface area contributed by atoms with E-state index in [9.17, 15) is 4.79 Å². The van der Waals surface area contributed by atoms with Gasteiger partial charge in [0.05, 0.1) is 6.42 Å². The van der Waals surface area contributed by atoms with E-state index in [-0.39, 0.29) is 11.9 Å². The molecule has 11 heavy (non-hydrogen) atoms. The Balaban J connectivity index is 3.58. The second-order valence-corrected chi connectivity index (χ2v) is 2.61. The van der Waals surface area contributed by atoms with Gasteiger partial charge in [0, 0.05) is 0 Å². The summed E-state index contributed by atoms with van der Waals surface area (Å²) in [7, 11) is 0. The predicted octanol–water partition coefficient (Wildman–Crippen LogP) is -0.548. The Morgan fingerprint density at radius 1 is 1.73 bits per heavy atom. The van der Waals surface area contributed by atoms with Crippen LogP contribution < -0.4 is 11.6 Å². The molecule has 1 atom stereocenters. The fourth-order valence-corrected chi connectivity index (χ4v) is 1.01. The Morgan fingerprint density at radius 2 is 2.36 bits per heavy atom. The van der Waals surface area contributed by atoms with Crippen molar-refractivity contribution in [3.63, 3.8) is 0 Å². The number of quaternary nitrogens is 1. The van der Waals surface area contributed by atoms with Crippen molar-refractivity contribution in [1.29, 1.82) is 0 Å². The van der Waals surface area contributed by atoms with Crippen LogP contribution in [0.2, 0.25) is 0 Å². The van der Waals surface area contributed by atoms with Crippen molar-refractivity contribution in [2.45, 2.75) is 26.2 Å².